The lowest BCUT2D eigenvalue weighted by Gasteiger charge is -2.57. The molecule has 0 aromatic heterocycles. The summed E-state index contributed by atoms with van der Waals surface area (Å²) >= 11 is 5.20. The molecule has 4 nitrogen and oxygen atoms in total. The van der Waals surface area contributed by atoms with Crippen molar-refractivity contribution in [2.45, 2.75) is 64.0 Å². The summed E-state index contributed by atoms with van der Waals surface area (Å²) < 4.78 is 0. The number of hydrogen-bond donors (Lipinski definition) is 2. The number of carboxylic acid groups (broad SMARTS) is 1. The monoisotopic (exact) mass is 270 g/mol. The summed E-state index contributed by atoms with van der Waals surface area (Å²) in [6.45, 7) is 3.90. The second-order valence-corrected chi connectivity index (χ2v) is 6.56. The van der Waals surface area contributed by atoms with Crippen LogP contribution in [0.1, 0.15) is 52.4 Å². The van der Waals surface area contributed by atoms with Gasteiger partial charge in [0, 0.05) is 17.0 Å². The summed E-state index contributed by atoms with van der Waals surface area (Å²) in [5, 5.41) is 9.46. The van der Waals surface area contributed by atoms with Gasteiger partial charge < -0.3 is 15.7 Å². The highest BCUT2D eigenvalue weighted by molar-refractivity contribution is 7.80. The van der Waals surface area contributed by atoms with Crippen LogP contribution >= 0.6 is 12.2 Å². The lowest BCUT2D eigenvalue weighted by atomic mass is 9.56. The zero-order valence-electron chi connectivity index (χ0n) is 11.1. The molecule has 3 N–H and O–H groups in total. The molecule has 0 spiro atoms. The van der Waals surface area contributed by atoms with E-state index in [1.54, 1.807) is 4.90 Å². The topological polar surface area (TPSA) is 66.6 Å². The molecule has 3 fully saturated rings. The molecule has 18 heavy (non-hydrogen) atoms. The van der Waals surface area contributed by atoms with Crippen molar-refractivity contribution in [3.05, 3.63) is 0 Å². The van der Waals surface area contributed by atoms with Gasteiger partial charge in [-0.25, -0.2) is 4.79 Å². The first-order chi connectivity index (χ1) is 8.33. The average molecular weight is 270 g/mol. The molecule has 5 heteroatoms. The fourth-order valence-electron chi connectivity index (χ4n) is 3.87. The van der Waals surface area contributed by atoms with E-state index in [4.69, 9.17) is 18.0 Å². The van der Waals surface area contributed by atoms with Gasteiger partial charge in [-0.2, -0.15) is 0 Å². The Kier molecular flexibility index (Phi) is 3.30. The largest absolute Gasteiger partial charge is 0.465 e. The van der Waals surface area contributed by atoms with E-state index in [0.29, 0.717) is 4.99 Å². The molecule has 0 atom stereocenters. The molecule has 0 aliphatic heterocycles. The predicted octanol–water partition coefficient (Wildman–Crippen LogP) is 2.75. The van der Waals surface area contributed by atoms with E-state index in [9.17, 15) is 9.90 Å². The highest BCUT2D eigenvalue weighted by Gasteiger charge is 2.54. The summed E-state index contributed by atoms with van der Waals surface area (Å²) in [5.74, 6) is 0. The Morgan fingerprint density at radius 3 is 1.94 bits per heavy atom. The zero-order valence-corrected chi connectivity index (χ0v) is 11.9. The van der Waals surface area contributed by atoms with Crippen LogP contribution in [0.2, 0.25) is 0 Å². The maximum Gasteiger partial charge on any atom is 0.407 e. The van der Waals surface area contributed by atoms with Gasteiger partial charge >= 0.3 is 6.09 Å². The van der Waals surface area contributed by atoms with E-state index in [1.165, 1.54) is 0 Å². The lowest BCUT2D eigenvalue weighted by Crippen LogP contribution is -2.62. The van der Waals surface area contributed by atoms with Crippen LogP contribution in [0.25, 0.3) is 0 Å². The highest BCUT2D eigenvalue weighted by Crippen LogP contribution is 2.55. The first-order valence-corrected chi connectivity index (χ1v) is 7.06. The van der Waals surface area contributed by atoms with E-state index in [2.05, 4.69) is 0 Å². The minimum atomic E-state index is -0.797. The molecule has 0 aromatic rings. The van der Waals surface area contributed by atoms with Gasteiger partial charge in [0.25, 0.3) is 0 Å². The van der Waals surface area contributed by atoms with Gasteiger partial charge in [0.2, 0.25) is 0 Å². The molecule has 0 saturated heterocycles. The maximum atomic E-state index is 11.5. The van der Waals surface area contributed by atoms with Gasteiger partial charge in [-0.3, -0.25) is 0 Å². The van der Waals surface area contributed by atoms with Gasteiger partial charge in [0.1, 0.15) is 0 Å². The molecule has 3 rings (SSSR count). The Balaban J connectivity index is 2.23. The van der Waals surface area contributed by atoms with E-state index >= 15 is 0 Å². The minimum Gasteiger partial charge on any atom is -0.465 e. The fraction of sp³-hybridized carbons (Fsp3) is 0.846. The van der Waals surface area contributed by atoms with E-state index in [-0.39, 0.29) is 17.0 Å². The van der Waals surface area contributed by atoms with Gasteiger partial charge in [-0.15, -0.1) is 0 Å². The van der Waals surface area contributed by atoms with E-state index in [1.807, 2.05) is 13.8 Å². The Morgan fingerprint density at radius 1 is 1.22 bits per heavy atom. The summed E-state index contributed by atoms with van der Waals surface area (Å²) in [7, 11) is 0. The van der Waals surface area contributed by atoms with Crippen LogP contribution < -0.4 is 5.73 Å². The average Bonchev–Trinajstić information content (AvgIpc) is 2.29. The van der Waals surface area contributed by atoms with Gasteiger partial charge in [-0.05, 0) is 52.4 Å². The van der Waals surface area contributed by atoms with Crippen LogP contribution in [0, 0.1) is 5.41 Å². The van der Waals surface area contributed by atoms with Crippen molar-refractivity contribution in [3.8, 4) is 0 Å². The van der Waals surface area contributed by atoms with Crippen molar-refractivity contribution >= 4 is 23.3 Å². The molecule has 3 aliphatic rings. The normalized spacial score (nSPS) is 34.6. The molecule has 2 bridgehead atoms. The van der Waals surface area contributed by atoms with Gasteiger partial charge in [-0.1, -0.05) is 12.2 Å². The van der Waals surface area contributed by atoms with E-state index in [0.717, 1.165) is 38.5 Å². The summed E-state index contributed by atoms with van der Waals surface area (Å²) in [6.07, 6.45) is 4.73. The number of thiocarbonyl (C=S) groups is 1. The van der Waals surface area contributed by atoms with Crippen LogP contribution in [0.15, 0.2) is 0 Å². The smallest absolute Gasteiger partial charge is 0.407 e. The molecule has 0 aromatic carbocycles. The molecule has 1 amide bonds. The third-order valence-corrected chi connectivity index (χ3v) is 5.40. The van der Waals surface area contributed by atoms with Crippen LogP contribution in [-0.2, 0) is 0 Å². The molecule has 3 saturated carbocycles. The van der Waals surface area contributed by atoms with Crippen molar-refractivity contribution < 1.29 is 9.90 Å². The summed E-state index contributed by atoms with van der Waals surface area (Å²) in [5.41, 5.74) is 5.72. The van der Waals surface area contributed by atoms with Crippen LogP contribution in [0.3, 0.4) is 0 Å². The number of rotatable bonds is 3. The first kappa shape index (κ1) is 13.6. The Labute approximate surface area is 114 Å². The van der Waals surface area contributed by atoms with Crippen molar-refractivity contribution in [2.24, 2.45) is 11.1 Å². The molecule has 0 radical (unpaired) electrons. The van der Waals surface area contributed by atoms with Crippen LogP contribution in [0.4, 0.5) is 4.79 Å². The third kappa shape index (κ3) is 1.88. The fourth-order valence-corrected chi connectivity index (χ4v) is 4.17. The van der Waals surface area contributed by atoms with Crippen molar-refractivity contribution in [2.75, 3.05) is 0 Å². The van der Waals surface area contributed by atoms with E-state index < -0.39 is 6.09 Å². The molecule has 0 unspecified atom stereocenters. The number of fused-ring (bicyclic) bond motifs is 3. The zero-order chi connectivity index (χ0) is 13.6. The number of nitrogens with two attached hydrogens (primary N) is 1. The van der Waals surface area contributed by atoms with Gasteiger partial charge in [0.05, 0.1) is 4.99 Å². The van der Waals surface area contributed by atoms with Crippen molar-refractivity contribution in [1.82, 2.24) is 4.90 Å². The standard InChI is InChI=1S/C13H22N2O2S/c1-9(2)15(11(16)17)13-6-3-12(4-7-13,5-8-13)10(14)18/h9H,3-8H2,1-2H3,(H2,14,18)(H,16,17). The number of carbonyl (C=O) groups is 1. The first-order valence-electron chi connectivity index (χ1n) is 6.65. The van der Waals surface area contributed by atoms with Crippen LogP contribution in [-0.4, -0.2) is 32.7 Å². The van der Waals surface area contributed by atoms with Crippen molar-refractivity contribution in [3.63, 3.8) is 0 Å². The Hall–Kier alpha value is -0.840. The molecule has 3 aliphatic carbocycles. The molecular formula is C13H22N2O2S. The number of nitrogens with zero attached hydrogens (tertiary/aromatic N) is 1. The summed E-state index contributed by atoms with van der Waals surface area (Å²) in [4.78, 5) is 13.8. The predicted molar refractivity (Wildman–Crippen MR) is 74.7 cm³/mol. The minimum absolute atomic E-state index is 0.0121. The van der Waals surface area contributed by atoms with Crippen molar-refractivity contribution in [1.29, 1.82) is 0 Å². The van der Waals surface area contributed by atoms with Crippen LogP contribution in [0.5, 0.6) is 0 Å². The Bertz CT molecular complexity index is 357. The maximum absolute atomic E-state index is 11.5. The second kappa shape index (κ2) is 4.37. The highest BCUT2D eigenvalue weighted by atomic mass is 32.1. The quantitative estimate of drug-likeness (QED) is 0.774. The second-order valence-electron chi connectivity index (χ2n) is 6.12. The molecule has 0 heterocycles. The molecule has 102 valence electrons. The number of amides is 1. The lowest BCUT2D eigenvalue weighted by molar-refractivity contribution is -0.0320. The van der Waals surface area contributed by atoms with Gasteiger partial charge in [0.15, 0.2) is 0 Å². The molecular weight excluding hydrogens is 248 g/mol. The SMILES string of the molecule is CC(C)N(C(=O)O)C12CCC(C(N)=S)(CC1)CC2. The number of hydrogen-bond acceptors (Lipinski definition) is 2. The Morgan fingerprint density at radius 2 is 1.67 bits per heavy atom. The third-order valence-electron chi connectivity index (χ3n) is 4.96. The summed E-state index contributed by atoms with van der Waals surface area (Å²) in [6, 6.07) is 0.0259.